The zero-order chi connectivity index (χ0) is 22.1. The molecule has 2 fully saturated rings. The summed E-state index contributed by atoms with van der Waals surface area (Å²) >= 11 is 0. The zero-order valence-corrected chi connectivity index (χ0v) is 19.3. The van der Waals surface area contributed by atoms with Crippen LogP contribution < -0.4 is 5.32 Å². The lowest BCUT2D eigenvalue weighted by atomic mass is 9.68. The van der Waals surface area contributed by atoms with Crippen LogP contribution in [-0.2, 0) is 18.2 Å². The van der Waals surface area contributed by atoms with E-state index in [1.807, 2.05) is 12.1 Å². The van der Waals surface area contributed by atoms with E-state index in [9.17, 15) is 9.90 Å². The minimum Gasteiger partial charge on any atom is -0.437 e. The molecule has 2 saturated heterocycles. The van der Waals surface area contributed by atoms with Crippen molar-refractivity contribution in [1.82, 2.24) is 14.8 Å². The second-order valence-electron chi connectivity index (χ2n) is 10.7. The molecule has 2 aromatic rings. The van der Waals surface area contributed by atoms with Crippen molar-refractivity contribution >= 4 is 17.0 Å². The van der Waals surface area contributed by atoms with Gasteiger partial charge in [0.05, 0.1) is 0 Å². The number of carbonyl (C=O) groups excluding carboxylic acids is 1. The van der Waals surface area contributed by atoms with Crippen LogP contribution in [0.1, 0.15) is 58.7 Å². The lowest BCUT2D eigenvalue weighted by Gasteiger charge is -2.54. The smallest absolute Gasteiger partial charge is 0.412 e. The maximum atomic E-state index is 13.0. The number of ether oxygens (including phenoxy) is 1. The lowest BCUT2D eigenvalue weighted by molar-refractivity contribution is -0.180. The van der Waals surface area contributed by atoms with Crippen LogP contribution in [0.3, 0.4) is 0 Å². The number of benzene rings is 1. The predicted octanol–water partition coefficient (Wildman–Crippen LogP) is 3.87. The molecular weight excluding hydrogens is 378 g/mol. The summed E-state index contributed by atoms with van der Waals surface area (Å²) in [6.45, 7) is 12.7. The van der Waals surface area contributed by atoms with Gasteiger partial charge >= 0.3 is 6.09 Å². The number of aromatic nitrogens is 1. The standard InChI is InChI=1S/C24H35N3O3/c1-16-17(18-10-8-9-11-19(18)26(16)7)12-13-27-20(28)30-24(23(27,6)29)14-21(2,3)25-22(4,5)15-24/h8-11,25,29H,12-15H2,1-7H3. The van der Waals surface area contributed by atoms with Crippen LogP contribution in [0.15, 0.2) is 24.3 Å². The fourth-order valence-electron chi connectivity index (χ4n) is 6.09. The van der Waals surface area contributed by atoms with E-state index in [0.29, 0.717) is 25.8 Å². The van der Waals surface area contributed by atoms with Crippen LogP contribution in [0.5, 0.6) is 0 Å². The van der Waals surface area contributed by atoms with E-state index in [1.54, 1.807) is 6.92 Å². The van der Waals surface area contributed by atoms with Gasteiger partial charge in [0.25, 0.3) is 0 Å². The molecule has 30 heavy (non-hydrogen) atoms. The number of piperidine rings is 1. The molecule has 1 aromatic heterocycles. The third-order valence-corrected chi connectivity index (χ3v) is 7.14. The fourth-order valence-corrected chi connectivity index (χ4v) is 6.09. The molecule has 2 aliphatic rings. The molecule has 1 atom stereocenters. The molecule has 1 spiro atoms. The van der Waals surface area contributed by atoms with Crippen LogP contribution in [-0.4, -0.2) is 49.6 Å². The zero-order valence-electron chi connectivity index (χ0n) is 19.3. The second kappa shape index (κ2) is 6.47. The Morgan fingerprint density at radius 2 is 1.70 bits per heavy atom. The van der Waals surface area contributed by atoms with Crippen molar-refractivity contribution in [3.05, 3.63) is 35.5 Å². The average molecular weight is 414 g/mol. The SMILES string of the molecule is Cc1c(CCN2C(=O)OC3(CC(C)(C)NC(C)(C)C3)C2(C)O)c2ccccc2n1C. The Balaban J connectivity index is 1.64. The number of amides is 1. The first kappa shape index (κ1) is 21.2. The maximum Gasteiger partial charge on any atom is 0.412 e. The summed E-state index contributed by atoms with van der Waals surface area (Å²) in [7, 11) is 2.07. The summed E-state index contributed by atoms with van der Waals surface area (Å²) in [5, 5.41) is 16.5. The summed E-state index contributed by atoms with van der Waals surface area (Å²) in [4.78, 5) is 14.5. The third kappa shape index (κ3) is 3.12. The monoisotopic (exact) mass is 413 g/mol. The van der Waals surface area contributed by atoms with Crippen molar-refractivity contribution in [3.63, 3.8) is 0 Å². The Labute approximate surface area is 179 Å². The van der Waals surface area contributed by atoms with E-state index in [-0.39, 0.29) is 11.1 Å². The van der Waals surface area contributed by atoms with Crippen LogP contribution in [0.2, 0.25) is 0 Å². The number of nitrogens with zero attached hydrogens (tertiary/aromatic N) is 2. The first-order chi connectivity index (χ1) is 13.8. The van der Waals surface area contributed by atoms with Gasteiger partial charge in [-0.1, -0.05) is 18.2 Å². The topological polar surface area (TPSA) is 66.7 Å². The highest BCUT2D eigenvalue weighted by Crippen LogP contribution is 2.50. The largest absolute Gasteiger partial charge is 0.437 e. The number of rotatable bonds is 3. The van der Waals surface area contributed by atoms with E-state index in [2.05, 4.69) is 63.7 Å². The molecule has 3 heterocycles. The minimum absolute atomic E-state index is 0.256. The minimum atomic E-state index is -1.38. The Kier molecular flexibility index (Phi) is 4.57. The molecule has 0 bridgehead atoms. The summed E-state index contributed by atoms with van der Waals surface area (Å²) in [5.74, 6) is 0. The molecule has 1 aromatic carbocycles. The van der Waals surface area contributed by atoms with Gasteiger partial charge < -0.3 is 19.7 Å². The highest BCUT2D eigenvalue weighted by molar-refractivity contribution is 5.85. The number of aliphatic hydroxyl groups is 1. The van der Waals surface area contributed by atoms with Crippen molar-refractivity contribution in [3.8, 4) is 0 Å². The number of aryl methyl sites for hydroxylation is 1. The van der Waals surface area contributed by atoms with Crippen molar-refractivity contribution in [2.45, 2.75) is 83.2 Å². The Morgan fingerprint density at radius 3 is 2.33 bits per heavy atom. The Bertz CT molecular complexity index is 987. The quantitative estimate of drug-likeness (QED) is 0.802. The molecule has 1 unspecified atom stereocenters. The summed E-state index contributed by atoms with van der Waals surface area (Å²) in [5.41, 5.74) is 0.752. The van der Waals surface area contributed by atoms with Crippen molar-refractivity contribution in [2.24, 2.45) is 7.05 Å². The first-order valence-electron chi connectivity index (χ1n) is 10.8. The van der Waals surface area contributed by atoms with E-state index in [4.69, 9.17) is 4.74 Å². The van der Waals surface area contributed by atoms with Gasteiger partial charge in [0.2, 0.25) is 0 Å². The van der Waals surface area contributed by atoms with Gasteiger partial charge in [-0.3, -0.25) is 4.90 Å². The Morgan fingerprint density at radius 1 is 1.10 bits per heavy atom. The van der Waals surface area contributed by atoms with E-state index < -0.39 is 17.4 Å². The molecule has 164 valence electrons. The highest BCUT2D eigenvalue weighted by atomic mass is 16.6. The van der Waals surface area contributed by atoms with Gasteiger partial charge in [-0.15, -0.1) is 0 Å². The molecule has 2 N–H and O–H groups in total. The molecule has 0 saturated carbocycles. The van der Waals surface area contributed by atoms with E-state index >= 15 is 0 Å². The average Bonchev–Trinajstić information content (AvgIpc) is 2.92. The molecule has 0 aliphatic carbocycles. The predicted molar refractivity (Wildman–Crippen MR) is 118 cm³/mol. The normalized spacial score (nSPS) is 27.1. The molecular formula is C24H35N3O3. The van der Waals surface area contributed by atoms with Crippen molar-refractivity contribution < 1.29 is 14.6 Å². The Hall–Kier alpha value is -2.05. The van der Waals surface area contributed by atoms with Crippen molar-refractivity contribution in [1.29, 1.82) is 0 Å². The number of nitrogens with one attached hydrogen (secondary N) is 1. The van der Waals surface area contributed by atoms with E-state index in [0.717, 1.165) is 0 Å². The van der Waals surface area contributed by atoms with Gasteiger partial charge in [0, 0.05) is 54.1 Å². The molecule has 6 nitrogen and oxygen atoms in total. The molecule has 6 heteroatoms. The number of hydrogen-bond donors (Lipinski definition) is 2. The molecule has 0 radical (unpaired) electrons. The second-order valence-corrected chi connectivity index (χ2v) is 10.7. The summed E-state index contributed by atoms with van der Waals surface area (Å²) in [6, 6.07) is 8.32. The first-order valence-corrected chi connectivity index (χ1v) is 10.8. The van der Waals surface area contributed by atoms with Crippen LogP contribution >= 0.6 is 0 Å². The molecule has 2 aliphatic heterocycles. The summed E-state index contributed by atoms with van der Waals surface area (Å²) in [6.07, 6.45) is 1.36. The number of para-hydroxylation sites is 1. The van der Waals surface area contributed by atoms with Crippen molar-refractivity contribution in [2.75, 3.05) is 6.54 Å². The van der Waals surface area contributed by atoms with Gasteiger partial charge in [-0.05, 0) is 59.6 Å². The van der Waals surface area contributed by atoms with Gasteiger partial charge in [-0.25, -0.2) is 4.79 Å². The van der Waals surface area contributed by atoms with Crippen LogP contribution in [0, 0.1) is 6.92 Å². The van der Waals surface area contributed by atoms with Gasteiger partial charge in [0.15, 0.2) is 11.3 Å². The third-order valence-electron chi connectivity index (χ3n) is 7.14. The molecule has 1 amide bonds. The summed E-state index contributed by atoms with van der Waals surface area (Å²) < 4.78 is 8.18. The highest BCUT2D eigenvalue weighted by Gasteiger charge is 2.66. The van der Waals surface area contributed by atoms with E-state index in [1.165, 1.54) is 27.1 Å². The number of hydrogen-bond acceptors (Lipinski definition) is 4. The number of fused-ring (bicyclic) bond motifs is 1. The molecule has 4 rings (SSSR count). The fraction of sp³-hybridized carbons (Fsp3) is 0.625. The number of carbonyl (C=O) groups is 1. The maximum absolute atomic E-state index is 13.0. The lowest BCUT2D eigenvalue weighted by Crippen LogP contribution is -2.70. The van der Waals surface area contributed by atoms with Gasteiger partial charge in [0.1, 0.15) is 0 Å². The van der Waals surface area contributed by atoms with Gasteiger partial charge in [-0.2, -0.15) is 0 Å². The van der Waals surface area contributed by atoms with Crippen LogP contribution in [0.4, 0.5) is 4.79 Å². The van der Waals surface area contributed by atoms with Crippen LogP contribution in [0.25, 0.3) is 10.9 Å².